The molecule has 4 rings (SSSR count). The van der Waals surface area contributed by atoms with Gasteiger partial charge in [0.15, 0.2) is 0 Å². The van der Waals surface area contributed by atoms with E-state index in [9.17, 15) is 14.0 Å². The number of nitrogens with zero attached hydrogens (tertiary/aromatic N) is 1. The van der Waals surface area contributed by atoms with Crippen LogP contribution in [0.2, 0.25) is 5.02 Å². The van der Waals surface area contributed by atoms with Crippen molar-refractivity contribution in [3.05, 3.63) is 76.4 Å². The number of nitrogens with two attached hydrogens (primary N) is 1. The van der Waals surface area contributed by atoms with Gasteiger partial charge >= 0.3 is 6.09 Å². The SMILES string of the molecule is C/C=C\C(C)C.COc1cc(NC(=O)CCN2CCC(OC(=O)Nc3ccsc3-c3ccccc3F)CC2)c(Cl)cc1CN. The van der Waals surface area contributed by atoms with Crippen LogP contribution in [0.3, 0.4) is 0 Å². The number of ether oxygens (including phenoxy) is 2. The maximum atomic E-state index is 14.2. The van der Waals surface area contributed by atoms with Crippen LogP contribution >= 0.6 is 22.9 Å². The minimum atomic E-state index is -0.563. The number of piperidine rings is 1. The number of hydrogen-bond acceptors (Lipinski definition) is 7. The molecule has 0 radical (unpaired) electrons. The Morgan fingerprint density at radius 2 is 1.89 bits per heavy atom. The summed E-state index contributed by atoms with van der Waals surface area (Å²) in [5.74, 6) is 0.782. The van der Waals surface area contributed by atoms with Gasteiger partial charge < -0.3 is 25.4 Å². The lowest BCUT2D eigenvalue weighted by Crippen LogP contribution is -2.39. The molecule has 0 spiro atoms. The average Bonchev–Trinajstić information content (AvgIpc) is 3.45. The van der Waals surface area contributed by atoms with Crippen molar-refractivity contribution in [1.29, 1.82) is 0 Å². The Labute approximate surface area is 268 Å². The lowest BCUT2D eigenvalue weighted by atomic mass is 10.1. The first-order valence-corrected chi connectivity index (χ1v) is 15.9. The number of allylic oxidation sites excluding steroid dienone is 2. The Kier molecular flexibility index (Phi) is 14.1. The Balaban J connectivity index is 0.000000801. The first-order valence-electron chi connectivity index (χ1n) is 14.7. The van der Waals surface area contributed by atoms with E-state index < -0.39 is 6.09 Å². The molecular weight excluding hydrogens is 603 g/mol. The predicted octanol–water partition coefficient (Wildman–Crippen LogP) is 7.94. The van der Waals surface area contributed by atoms with E-state index in [-0.39, 0.29) is 24.4 Å². The second-order valence-corrected chi connectivity index (χ2v) is 12.0. The first kappa shape index (κ1) is 35.0. The molecule has 1 fully saturated rings. The standard InChI is InChI=1S/C27H30ClFN4O4S.C6H12/c1-36-24-15-23(20(28)14-17(24)16-30)31-25(34)8-12-33-10-6-18(7-11-33)37-27(35)32-22-9-13-38-26(22)19-4-2-3-5-21(19)29;1-4-5-6(2)3/h2-5,9,13-15,18H,6-8,10-12,16,30H2,1H3,(H,31,34)(H,32,35);4-6H,1-3H3/b;5-4-. The minimum absolute atomic E-state index is 0.159. The first-order chi connectivity index (χ1) is 21.1. The van der Waals surface area contributed by atoms with Gasteiger partial charge in [0.1, 0.15) is 17.7 Å². The van der Waals surface area contributed by atoms with Gasteiger partial charge in [0.2, 0.25) is 5.91 Å². The van der Waals surface area contributed by atoms with Gasteiger partial charge in [-0.2, -0.15) is 0 Å². The summed E-state index contributed by atoms with van der Waals surface area (Å²) in [5, 5.41) is 7.78. The second kappa shape index (κ2) is 17.8. The summed E-state index contributed by atoms with van der Waals surface area (Å²) in [7, 11) is 1.54. The molecule has 1 aromatic heterocycles. The van der Waals surface area contributed by atoms with Crippen LogP contribution in [-0.2, 0) is 16.1 Å². The fourth-order valence-electron chi connectivity index (χ4n) is 4.70. The maximum Gasteiger partial charge on any atom is 0.411 e. The molecule has 44 heavy (non-hydrogen) atoms. The molecule has 2 heterocycles. The van der Waals surface area contributed by atoms with Crippen molar-refractivity contribution in [3.8, 4) is 16.2 Å². The number of likely N-dealkylation sites (tertiary alicyclic amines) is 1. The topological polar surface area (TPSA) is 106 Å². The van der Waals surface area contributed by atoms with Crippen LogP contribution in [0, 0.1) is 11.7 Å². The van der Waals surface area contributed by atoms with Gasteiger partial charge in [-0.15, -0.1) is 11.3 Å². The summed E-state index contributed by atoms with van der Waals surface area (Å²) in [4.78, 5) is 27.8. The normalized spacial score (nSPS) is 13.8. The van der Waals surface area contributed by atoms with E-state index in [0.29, 0.717) is 71.5 Å². The molecule has 3 aromatic rings. The highest BCUT2D eigenvalue weighted by atomic mass is 35.5. The number of amides is 2. The van der Waals surface area contributed by atoms with Crippen LogP contribution in [0.1, 0.15) is 45.6 Å². The third-order valence-electron chi connectivity index (χ3n) is 6.93. The maximum absolute atomic E-state index is 14.2. The zero-order valence-corrected chi connectivity index (χ0v) is 27.3. The van der Waals surface area contributed by atoms with E-state index in [4.69, 9.17) is 26.8 Å². The number of hydrogen-bond donors (Lipinski definition) is 3. The van der Waals surface area contributed by atoms with Crippen molar-refractivity contribution in [1.82, 2.24) is 4.90 Å². The van der Waals surface area contributed by atoms with E-state index in [1.54, 1.807) is 41.8 Å². The summed E-state index contributed by atoms with van der Waals surface area (Å²) in [6.45, 7) is 8.62. The van der Waals surface area contributed by atoms with Crippen LogP contribution < -0.4 is 21.1 Å². The number of thiophene rings is 1. The smallest absolute Gasteiger partial charge is 0.411 e. The number of nitrogens with one attached hydrogen (secondary N) is 2. The molecule has 0 aliphatic carbocycles. The number of halogens is 2. The van der Waals surface area contributed by atoms with Crippen LogP contribution in [0.25, 0.3) is 10.4 Å². The number of methoxy groups -OCH3 is 1. The quantitative estimate of drug-likeness (QED) is 0.194. The van der Waals surface area contributed by atoms with E-state index in [1.807, 2.05) is 6.92 Å². The predicted molar refractivity (Wildman–Crippen MR) is 178 cm³/mol. The number of rotatable bonds is 10. The van der Waals surface area contributed by atoms with Crippen molar-refractivity contribution in [2.24, 2.45) is 11.7 Å². The van der Waals surface area contributed by atoms with Crippen molar-refractivity contribution in [2.75, 3.05) is 37.4 Å². The van der Waals surface area contributed by atoms with Crippen LogP contribution in [-0.4, -0.2) is 49.7 Å². The molecule has 4 N–H and O–H groups in total. The van der Waals surface area contributed by atoms with E-state index in [1.165, 1.54) is 24.5 Å². The van der Waals surface area contributed by atoms with Gasteiger partial charge in [-0.1, -0.05) is 55.8 Å². The molecule has 8 nitrogen and oxygen atoms in total. The fourth-order valence-corrected chi connectivity index (χ4v) is 5.81. The summed E-state index contributed by atoms with van der Waals surface area (Å²) in [6.07, 6.45) is 5.05. The van der Waals surface area contributed by atoms with Gasteiger partial charge in [-0.3, -0.25) is 10.1 Å². The number of carbonyl (C=O) groups excluding carboxylic acids is 2. The highest BCUT2D eigenvalue weighted by molar-refractivity contribution is 7.14. The molecule has 1 aliphatic heterocycles. The minimum Gasteiger partial charge on any atom is -0.496 e. The Morgan fingerprint density at radius 1 is 1.16 bits per heavy atom. The molecule has 2 aromatic carbocycles. The van der Waals surface area contributed by atoms with E-state index >= 15 is 0 Å². The second-order valence-electron chi connectivity index (χ2n) is 10.6. The molecule has 0 atom stereocenters. The van der Waals surface area contributed by atoms with Gasteiger partial charge in [-0.05, 0) is 49.3 Å². The van der Waals surface area contributed by atoms with Crippen LogP contribution in [0.5, 0.6) is 5.75 Å². The summed E-state index contributed by atoms with van der Waals surface area (Å²) in [5.41, 5.74) is 7.89. The average molecular weight is 645 g/mol. The van der Waals surface area contributed by atoms with Crippen LogP contribution in [0.4, 0.5) is 20.6 Å². The van der Waals surface area contributed by atoms with Gasteiger partial charge in [0.25, 0.3) is 0 Å². The van der Waals surface area contributed by atoms with Crippen molar-refractivity contribution in [2.45, 2.75) is 52.7 Å². The van der Waals surface area contributed by atoms with Gasteiger partial charge in [0.05, 0.1) is 28.4 Å². The van der Waals surface area contributed by atoms with Gasteiger partial charge in [-0.25, -0.2) is 9.18 Å². The van der Waals surface area contributed by atoms with E-state index in [0.717, 1.165) is 11.5 Å². The lowest BCUT2D eigenvalue weighted by Gasteiger charge is -2.31. The van der Waals surface area contributed by atoms with Crippen molar-refractivity contribution in [3.63, 3.8) is 0 Å². The Bertz CT molecular complexity index is 1410. The van der Waals surface area contributed by atoms with Gasteiger partial charge in [0, 0.05) is 49.8 Å². The Hall–Kier alpha value is -3.44. The molecule has 1 saturated heterocycles. The molecule has 0 bridgehead atoms. The lowest BCUT2D eigenvalue weighted by molar-refractivity contribution is -0.116. The highest BCUT2D eigenvalue weighted by Crippen LogP contribution is 2.35. The molecule has 11 heteroatoms. The molecule has 238 valence electrons. The summed E-state index contributed by atoms with van der Waals surface area (Å²) in [6, 6.07) is 11.5. The number of carbonyl (C=O) groups is 2. The fraction of sp³-hybridized carbons (Fsp3) is 0.394. The largest absolute Gasteiger partial charge is 0.496 e. The van der Waals surface area contributed by atoms with Crippen molar-refractivity contribution < 1.29 is 23.5 Å². The zero-order chi connectivity index (χ0) is 32.1. The summed E-state index contributed by atoms with van der Waals surface area (Å²) < 4.78 is 25.1. The third-order valence-corrected chi connectivity index (χ3v) is 8.19. The third kappa shape index (κ3) is 10.6. The molecule has 2 amide bonds. The molecule has 0 saturated carbocycles. The molecular formula is C33H42ClFN4O4S. The van der Waals surface area contributed by atoms with E-state index in [2.05, 4.69) is 41.5 Å². The zero-order valence-electron chi connectivity index (χ0n) is 25.7. The monoisotopic (exact) mass is 644 g/mol. The molecule has 0 unspecified atom stereocenters. The van der Waals surface area contributed by atoms with Crippen LogP contribution in [0.15, 0.2) is 60.0 Å². The Morgan fingerprint density at radius 3 is 2.50 bits per heavy atom. The number of anilines is 2. The number of benzene rings is 2. The highest BCUT2D eigenvalue weighted by Gasteiger charge is 2.24. The van der Waals surface area contributed by atoms with Crippen molar-refractivity contribution >= 4 is 46.3 Å². The molecule has 1 aliphatic rings. The summed E-state index contributed by atoms with van der Waals surface area (Å²) >= 11 is 7.63.